The number of amides is 1. The second-order valence-corrected chi connectivity index (χ2v) is 7.90. The number of nitrogens with zero attached hydrogens (tertiary/aromatic N) is 3. The van der Waals surface area contributed by atoms with Gasteiger partial charge in [-0.2, -0.15) is 0 Å². The van der Waals surface area contributed by atoms with Crippen LogP contribution in [0.1, 0.15) is 24.6 Å². The molecule has 4 rings (SSSR count). The summed E-state index contributed by atoms with van der Waals surface area (Å²) in [7, 11) is 2.04. The lowest BCUT2D eigenvalue weighted by Crippen LogP contribution is -2.42. The highest BCUT2D eigenvalue weighted by atomic mass is 35.5. The first-order valence-corrected chi connectivity index (χ1v) is 10.1. The van der Waals surface area contributed by atoms with Gasteiger partial charge in [-0.1, -0.05) is 35.3 Å². The minimum Gasteiger partial charge on any atom is -0.482 e. The number of hydrogen-bond donors (Lipinski definition) is 0. The summed E-state index contributed by atoms with van der Waals surface area (Å²) in [6.07, 6.45) is 1.96. The van der Waals surface area contributed by atoms with Gasteiger partial charge in [0.15, 0.2) is 6.61 Å². The van der Waals surface area contributed by atoms with Crippen LogP contribution in [0.4, 0.5) is 0 Å². The van der Waals surface area contributed by atoms with E-state index >= 15 is 0 Å². The van der Waals surface area contributed by atoms with Gasteiger partial charge in [-0.3, -0.25) is 4.79 Å². The van der Waals surface area contributed by atoms with E-state index in [-0.39, 0.29) is 18.4 Å². The van der Waals surface area contributed by atoms with Gasteiger partial charge >= 0.3 is 0 Å². The number of piperidine rings is 1. The van der Waals surface area contributed by atoms with Gasteiger partial charge in [-0.05, 0) is 43.2 Å². The topological polar surface area (TPSA) is 47.4 Å². The third-order valence-electron chi connectivity index (χ3n) is 5.21. The lowest BCUT2D eigenvalue weighted by atomic mass is 9.97. The number of likely N-dealkylation sites (tertiary alicyclic amines) is 1. The number of halogens is 2. The molecule has 0 bridgehead atoms. The van der Waals surface area contributed by atoms with Gasteiger partial charge in [0, 0.05) is 31.1 Å². The summed E-state index contributed by atoms with van der Waals surface area (Å²) >= 11 is 12.0. The molecular weight excluding hydrogens is 397 g/mol. The fourth-order valence-electron chi connectivity index (χ4n) is 3.77. The zero-order valence-corrected chi connectivity index (χ0v) is 17.1. The molecule has 1 aromatic heterocycles. The van der Waals surface area contributed by atoms with Crippen LogP contribution < -0.4 is 4.74 Å². The van der Waals surface area contributed by atoms with Crippen molar-refractivity contribution in [2.24, 2.45) is 7.05 Å². The molecule has 1 aliphatic rings. The largest absolute Gasteiger partial charge is 0.482 e. The van der Waals surface area contributed by atoms with Gasteiger partial charge in [0.05, 0.1) is 16.1 Å². The molecule has 1 fully saturated rings. The Bertz CT molecular complexity index is 1020. The molecule has 2 heterocycles. The van der Waals surface area contributed by atoms with Crippen LogP contribution in [-0.2, 0) is 11.8 Å². The van der Waals surface area contributed by atoms with Crippen LogP contribution in [0.25, 0.3) is 11.0 Å². The number of fused-ring (bicyclic) bond motifs is 1. The maximum absolute atomic E-state index is 12.7. The normalized spacial score (nSPS) is 17.1. The first-order chi connectivity index (χ1) is 13.5. The van der Waals surface area contributed by atoms with Crippen molar-refractivity contribution in [1.29, 1.82) is 0 Å². The molecule has 2 aromatic carbocycles. The minimum atomic E-state index is -0.0468. The van der Waals surface area contributed by atoms with Gasteiger partial charge in [0.1, 0.15) is 11.6 Å². The van der Waals surface area contributed by atoms with Crippen molar-refractivity contribution in [1.82, 2.24) is 14.5 Å². The average Bonchev–Trinajstić information content (AvgIpc) is 3.04. The van der Waals surface area contributed by atoms with Crippen LogP contribution in [0.5, 0.6) is 5.75 Å². The number of benzene rings is 2. The molecule has 1 unspecified atom stereocenters. The van der Waals surface area contributed by atoms with Crippen LogP contribution >= 0.6 is 23.2 Å². The number of imidazole rings is 1. The Labute approximate surface area is 173 Å². The number of aryl methyl sites for hydroxylation is 1. The Morgan fingerprint density at radius 3 is 2.86 bits per heavy atom. The van der Waals surface area contributed by atoms with E-state index in [1.54, 1.807) is 18.2 Å². The van der Waals surface area contributed by atoms with Crippen molar-refractivity contribution in [3.63, 3.8) is 0 Å². The van der Waals surface area contributed by atoms with E-state index in [2.05, 4.69) is 10.6 Å². The van der Waals surface area contributed by atoms with Crippen LogP contribution in [-0.4, -0.2) is 40.1 Å². The molecule has 0 aliphatic carbocycles. The standard InChI is InChI=1S/C21H21Cl2N3O2/c1-25-18-7-3-2-6-17(18)24-21(25)14-5-4-10-26(12-14)20(27)13-28-19-9-8-15(22)11-16(19)23/h2-3,6-9,11,14H,4-5,10,12-13H2,1H3. The van der Waals surface area contributed by atoms with Crippen LogP contribution in [0.3, 0.4) is 0 Å². The Hall–Kier alpha value is -2.24. The van der Waals surface area contributed by atoms with Gasteiger partial charge in [-0.15, -0.1) is 0 Å². The monoisotopic (exact) mass is 417 g/mol. The molecule has 0 radical (unpaired) electrons. The van der Waals surface area contributed by atoms with E-state index in [0.717, 1.165) is 36.2 Å². The van der Waals surface area contributed by atoms with Crippen LogP contribution in [0.15, 0.2) is 42.5 Å². The number of hydrogen-bond acceptors (Lipinski definition) is 3. The number of carbonyl (C=O) groups excluding carboxylic acids is 1. The second-order valence-electron chi connectivity index (χ2n) is 7.06. The molecule has 1 saturated heterocycles. The molecule has 1 amide bonds. The number of para-hydroxylation sites is 2. The molecule has 3 aromatic rings. The summed E-state index contributed by atoms with van der Waals surface area (Å²) in [5.74, 6) is 1.66. The Morgan fingerprint density at radius 2 is 2.07 bits per heavy atom. The van der Waals surface area contributed by atoms with E-state index < -0.39 is 0 Å². The number of carbonyl (C=O) groups is 1. The smallest absolute Gasteiger partial charge is 0.260 e. The molecular formula is C21H21Cl2N3O2. The van der Waals surface area contributed by atoms with Crippen molar-refractivity contribution in [3.8, 4) is 5.75 Å². The second kappa shape index (κ2) is 8.02. The quantitative estimate of drug-likeness (QED) is 0.619. The van der Waals surface area contributed by atoms with Gasteiger partial charge in [0.2, 0.25) is 0 Å². The van der Waals surface area contributed by atoms with E-state index in [0.29, 0.717) is 22.3 Å². The third kappa shape index (κ3) is 3.82. The zero-order valence-electron chi connectivity index (χ0n) is 15.6. The van der Waals surface area contributed by atoms with E-state index in [9.17, 15) is 4.79 Å². The Morgan fingerprint density at radius 1 is 1.25 bits per heavy atom. The summed E-state index contributed by atoms with van der Waals surface area (Å²) in [5.41, 5.74) is 2.10. The molecule has 1 atom stereocenters. The average molecular weight is 418 g/mol. The van der Waals surface area contributed by atoms with E-state index in [4.69, 9.17) is 32.9 Å². The summed E-state index contributed by atoms with van der Waals surface area (Å²) in [6.45, 7) is 1.33. The zero-order chi connectivity index (χ0) is 19.7. The number of aromatic nitrogens is 2. The highest BCUT2D eigenvalue weighted by Gasteiger charge is 2.28. The molecule has 146 valence electrons. The maximum atomic E-state index is 12.7. The molecule has 28 heavy (non-hydrogen) atoms. The first kappa shape index (κ1) is 19.1. The van der Waals surface area contributed by atoms with Crippen molar-refractivity contribution in [2.75, 3.05) is 19.7 Å². The molecule has 0 spiro atoms. The highest BCUT2D eigenvalue weighted by Crippen LogP contribution is 2.30. The SMILES string of the molecule is Cn1c(C2CCCN(C(=O)COc3ccc(Cl)cc3Cl)C2)nc2ccccc21. The third-order valence-corrected chi connectivity index (χ3v) is 5.74. The van der Waals surface area contributed by atoms with Gasteiger partial charge in [0.25, 0.3) is 5.91 Å². The first-order valence-electron chi connectivity index (χ1n) is 9.30. The molecule has 5 nitrogen and oxygen atoms in total. The molecule has 7 heteroatoms. The molecule has 0 N–H and O–H groups in total. The summed E-state index contributed by atoms with van der Waals surface area (Å²) in [6, 6.07) is 13.1. The fourth-order valence-corrected chi connectivity index (χ4v) is 4.23. The summed E-state index contributed by atoms with van der Waals surface area (Å²) in [5, 5.41) is 0.932. The molecule has 0 saturated carbocycles. The highest BCUT2D eigenvalue weighted by molar-refractivity contribution is 6.35. The van der Waals surface area contributed by atoms with Gasteiger partial charge in [-0.25, -0.2) is 4.98 Å². The van der Waals surface area contributed by atoms with Crippen molar-refractivity contribution in [2.45, 2.75) is 18.8 Å². The van der Waals surface area contributed by atoms with Crippen LogP contribution in [0.2, 0.25) is 10.0 Å². The van der Waals surface area contributed by atoms with Crippen molar-refractivity contribution in [3.05, 3.63) is 58.3 Å². The fraction of sp³-hybridized carbons (Fsp3) is 0.333. The van der Waals surface area contributed by atoms with E-state index in [1.807, 2.05) is 30.1 Å². The van der Waals surface area contributed by atoms with Gasteiger partial charge < -0.3 is 14.2 Å². The Kier molecular flexibility index (Phi) is 5.47. The summed E-state index contributed by atoms with van der Waals surface area (Å²) < 4.78 is 7.75. The number of ether oxygens (including phenoxy) is 1. The molecule has 1 aliphatic heterocycles. The lowest BCUT2D eigenvalue weighted by molar-refractivity contribution is -0.134. The van der Waals surface area contributed by atoms with Crippen molar-refractivity contribution < 1.29 is 9.53 Å². The minimum absolute atomic E-state index is 0.0450. The lowest BCUT2D eigenvalue weighted by Gasteiger charge is -2.32. The Balaban J connectivity index is 1.44. The predicted molar refractivity (Wildman–Crippen MR) is 111 cm³/mol. The van der Waals surface area contributed by atoms with E-state index in [1.165, 1.54) is 0 Å². The number of rotatable bonds is 4. The van der Waals surface area contributed by atoms with Crippen molar-refractivity contribution >= 4 is 40.1 Å². The maximum Gasteiger partial charge on any atom is 0.260 e. The predicted octanol–water partition coefficient (Wildman–Crippen LogP) is 4.67. The van der Waals surface area contributed by atoms with Crippen LogP contribution in [0, 0.1) is 0 Å². The summed E-state index contributed by atoms with van der Waals surface area (Å²) in [4.78, 5) is 19.4.